The van der Waals surface area contributed by atoms with E-state index in [2.05, 4.69) is 4.98 Å². The van der Waals surface area contributed by atoms with Crippen LogP contribution in [0.3, 0.4) is 0 Å². The Labute approximate surface area is 164 Å². The average molecular weight is 400 g/mol. The molecule has 0 saturated carbocycles. The zero-order valence-electron chi connectivity index (χ0n) is 14.0. The number of hydrogen-bond donors (Lipinski definition) is 1. The summed E-state index contributed by atoms with van der Waals surface area (Å²) >= 11 is 7.37. The van der Waals surface area contributed by atoms with Crippen LogP contribution in [0.2, 0.25) is 5.02 Å². The first kappa shape index (κ1) is 18.8. The molecule has 136 valence electrons. The molecule has 0 aliphatic rings. The van der Waals surface area contributed by atoms with Gasteiger partial charge in [0.1, 0.15) is 10.8 Å². The molecular formula is C20H14ClNO4S. The molecule has 0 saturated heterocycles. The molecule has 0 bridgehead atoms. The number of rotatable bonds is 7. The fraction of sp³-hybridized carbons (Fsp3) is 0.0500. The molecule has 2 aromatic carbocycles. The number of carbonyl (C=O) groups is 2. The molecule has 5 nitrogen and oxygen atoms in total. The minimum absolute atomic E-state index is 0.180. The zero-order chi connectivity index (χ0) is 19.2. The Kier molecular flexibility index (Phi) is 6.01. The third kappa shape index (κ3) is 5.26. The van der Waals surface area contributed by atoms with E-state index in [9.17, 15) is 9.59 Å². The molecule has 0 fully saturated rings. The smallest absolute Gasteiger partial charge is 0.341 e. The van der Waals surface area contributed by atoms with Gasteiger partial charge in [0, 0.05) is 21.5 Å². The molecule has 1 aromatic heterocycles. The largest absolute Gasteiger partial charge is 0.482 e. The van der Waals surface area contributed by atoms with Gasteiger partial charge in [-0.2, -0.15) is 0 Å². The van der Waals surface area contributed by atoms with Crippen LogP contribution in [0.15, 0.2) is 60.0 Å². The molecule has 0 unspecified atom stereocenters. The summed E-state index contributed by atoms with van der Waals surface area (Å²) < 4.78 is 5.04. The lowest BCUT2D eigenvalue weighted by Gasteiger charge is -2.03. The molecule has 1 heterocycles. The fourth-order valence-electron chi connectivity index (χ4n) is 2.21. The standard InChI is InChI=1S/C20H14ClNO4S/c21-15-5-1-14(2-6-15)20-22-16(12-27-20)7-10-18(23)13-3-8-17(9-4-13)26-11-19(24)25/h1-10,12H,11H2,(H,24,25)/b10-7+. The maximum Gasteiger partial charge on any atom is 0.341 e. The number of halogens is 1. The van der Waals surface area contributed by atoms with E-state index in [1.54, 1.807) is 42.5 Å². The third-order valence-electron chi connectivity index (χ3n) is 3.52. The van der Waals surface area contributed by atoms with Gasteiger partial charge in [0.25, 0.3) is 0 Å². The fourth-order valence-corrected chi connectivity index (χ4v) is 3.13. The van der Waals surface area contributed by atoms with Gasteiger partial charge in [-0.05, 0) is 48.6 Å². The van der Waals surface area contributed by atoms with Gasteiger partial charge in [-0.25, -0.2) is 9.78 Å². The molecule has 0 atom stereocenters. The van der Waals surface area contributed by atoms with Gasteiger partial charge in [-0.1, -0.05) is 23.7 Å². The number of aromatic nitrogens is 1. The molecule has 27 heavy (non-hydrogen) atoms. The summed E-state index contributed by atoms with van der Waals surface area (Å²) in [5.74, 6) is -0.842. The number of benzene rings is 2. The first-order valence-corrected chi connectivity index (χ1v) is 9.15. The van der Waals surface area contributed by atoms with Gasteiger partial charge in [-0.15, -0.1) is 11.3 Å². The first-order chi connectivity index (χ1) is 13.0. The number of carboxylic acids is 1. The number of ether oxygens (including phenoxy) is 1. The molecule has 3 rings (SSSR count). The van der Waals surface area contributed by atoms with Gasteiger partial charge in [0.2, 0.25) is 0 Å². The van der Waals surface area contributed by atoms with Crippen molar-refractivity contribution < 1.29 is 19.4 Å². The Balaban J connectivity index is 1.64. The van der Waals surface area contributed by atoms with Crippen molar-refractivity contribution in [2.45, 2.75) is 0 Å². The van der Waals surface area contributed by atoms with Crippen molar-refractivity contribution >= 4 is 40.8 Å². The van der Waals surface area contributed by atoms with Crippen LogP contribution in [-0.4, -0.2) is 28.4 Å². The van der Waals surface area contributed by atoms with E-state index in [-0.39, 0.29) is 5.78 Å². The lowest BCUT2D eigenvalue weighted by Crippen LogP contribution is -2.09. The molecule has 3 aromatic rings. The van der Waals surface area contributed by atoms with Crippen LogP contribution in [-0.2, 0) is 4.79 Å². The number of ketones is 1. The molecule has 0 aliphatic heterocycles. The quantitative estimate of drug-likeness (QED) is 0.455. The zero-order valence-corrected chi connectivity index (χ0v) is 15.5. The van der Waals surface area contributed by atoms with Crippen LogP contribution < -0.4 is 4.74 Å². The van der Waals surface area contributed by atoms with Crippen molar-refractivity contribution in [2.75, 3.05) is 6.61 Å². The van der Waals surface area contributed by atoms with Crippen LogP contribution in [0.1, 0.15) is 16.1 Å². The lowest BCUT2D eigenvalue weighted by atomic mass is 10.1. The predicted molar refractivity (Wildman–Crippen MR) is 105 cm³/mol. The monoisotopic (exact) mass is 399 g/mol. The van der Waals surface area contributed by atoms with Crippen LogP contribution in [0.5, 0.6) is 5.75 Å². The normalized spacial score (nSPS) is 10.9. The highest BCUT2D eigenvalue weighted by Crippen LogP contribution is 2.25. The van der Waals surface area contributed by atoms with Gasteiger partial charge >= 0.3 is 5.97 Å². The summed E-state index contributed by atoms with van der Waals surface area (Å²) in [5, 5.41) is 12.0. The lowest BCUT2D eigenvalue weighted by molar-refractivity contribution is -0.139. The summed E-state index contributed by atoms with van der Waals surface area (Å²) in [4.78, 5) is 27.2. The molecular weight excluding hydrogens is 386 g/mol. The number of allylic oxidation sites excluding steroid dienone is 1. The average Bonchev–Trinajstić information content (AvgIpc) is 3.14. The highest BCUT2D eigenvalue weighted by Gasteiger charge is 2.06. The Morgan fingerprint density at radius 2 is 1.81 bits per heavy atom. The summed E-state index contributed by atoms with van der Waals surface area (Å²) in [6.07, 6.45) is 3.11. The second-order valence-corrected chi connectivity index (χ2v) is 6.78. The van der Waals surface area contributed by atoms with Crippen molar-refractivity contribution in [1.29, 1.82) is 0 Å². The minimum Gasteiger partial charge on any atom is -0.482 e. The van der Waals surface area contributed by atoms with Crippen LogP contribution >= 0.6 is 22.9 Å². The molecule has 7 heteroatoms. The topological polar surface area (TPSA) is 76.5 Å². The summed E-state index contributed by atoms with van der Waals surface area (Å²) in [5.41, 5.74) is 2.13. The van der Waals surface area contributed by atoms with Gasteiger partial charge in [0.15, 0.2) is 12.4 Å². The Morgan fingerprint density at radius 3 is 2.48 bits per heavy atom. The second-order valence-electron chi connectivity index (χ2n) is 5.49. The van der Waals surface area contributed by atoms with Crippen molar-refractivity contribution in [1.82, 2.24) is 4.98 Å². The maximum atomic E-state index is 12.2. The van der Waals surface area contributed by atoms with Crippen molar-refractivity contribution in [3.8, 4) is 16.3 Å². The minimum atomic E-state index is -1.06. The SMILES string of the molecule is O=C(O)COc1ccc(C(=O)/C=C/c2csc(-c3ccc(Cl)cc3)n2)cc1. The summed E-state index contributed by atoms with van der Waals surface area (Å²) in [6.45, 7) is -0.424. The number of nitrogens with zero attached hydrogens (tertiary/aromatic N) is 1. The van der Waals surface area contributed by atoms with Gasteiger partial charge in [0.05, 0.1) is 5.69 Å². The third-order valence-corrected chi connectivity index (χ3v) is 4.68. The highest BCUT2D eigenvalue weighted by atomic mass is 35.5. The maximum absolute atomic E-state index is 12.2. The van der Waals surface area contributed by atoms with E-state index in [0.717, 1.165) is 10.6 Å². The highest BCUT2D eigenvalue weighted by molar-refractivity contribution is 7.13. The predicted octanol–water partition coefficient (Wildman–Crippen LogP) is 4.82. The molecule has 0 amide bonds. The van der Waals surface area contributed by atoms with Crippen molar-refractivity contribution in [3.05, 3.63) is 76.3 Å². The van der Waals surface area contributed by atoms with E-state index in [1.807, 2.05) is 17.5 Å². The van der Waals surface area contributed by atoms with E-state index in [0.29, 0.717) is 22.0 Å². The summed E-state index contributed by atoms with van der Waals surface area (Å²) in [7, 11) is 0. The number of hydrogen-bond acceptors (Lipinski definition) is 5. The van der Waals surface area contributed by atoms with Crippen LogP contribution in [0.4, 0.5) is 0 Å². The molecule has 0 spiro atoms. The van der Waals surface area contributed by atoms with E-state index < -0.39 is 12.6 Å². The number of aliphatic carboxylic acids is 1. The number of carboxylic acid groups (broad SMARTS) is 1. The Morgan fingerprint density at radius 1 is 1.11 bits per heavy atom. The summed E-state index contributed by atoms with van der Waals surface area (Å²) in [6, 6.07) is 13.7. The van der Waals surface area contributed by atoms with E-state index >= 15 is 0 Å². The van der Waals surface area contributed by atoms with Crippen molar-refractivity contribution in [3.63, 3.8) is 0 Å². The van der Waals surface area contributed by atoms with Crippen LogP contribution in [0.25, 0.3) is 16.6 Å². The number of thiazole rings is 1. The Hall–Kier alpha value is -2.96. The Bertz CT molecular complexity index is 978. The second kappa shape index (κ2) is 8.62. The molecule has 0 aliphatic carbocycles. The van der Waals surface area contributed by atoms with Crippen molar-refractivity contribution in [2.24, 2.45) is 0 Å². The van der Waals surface area contributed by atoms with Gasteiger partial charge < -0.3 is 9.84 Å². The molecule has 1 N–H and O–H groups in total. The molecule has 0 radical (unpaired) electrons. The van der Waals surface area contributed by atoms with Crippen LogP contribution in [0, 0.1) is 0 Å². The van der Waals surface area contributed by atoms with Gasteiger partial charge in [-0.3, -0.25) is 4.79 Å². The first-order valence-electron chi connectivity index (χ1n) is 7.90. The number of carbonyl (C=O) groups excluding carboxylic acids is 1. The van der Waals surface area contributed by atoms with E-state index in [4.69, 9.17) is 21.4 Å². The van der Waals surface area contributed by atoms with E-state index in [1.165, 1.54) is 17.4 Å².